The second-order valence-corrected chi connectivity index (χ2v) is 4.79. The molecule has 0 aromatic heterocycles. The van der Waals surface area contributed by atoms with E-state index >= 15 is 0 Å². The Hall–Kier alpha value is -3.27. The van der Waals surface area contributed by atoms with Crippen LogP contribution >= 0.6 is 0 Å². The first-order valence-electron chi connectivity index (χ1n) is 6.69. The maximum Gasteiger partial charge on any atom is 0.416 e. The van der Waals surface area contributed by atoms with Crippen molar-refractivity contribution in [3.05, 3.63) is 65.2 Å². The fraction of sp³-hybridized carbons (Fsp3) is 0.0588. The highest BCUT2D eigenvalue weighted by Crippen LogP contribution is 2.30. The van der Waals surface area contributed by atoms with Gasteiger partial charge in [-0.3, -0.25) is 4.79 Å². The summed E-state index contributed by atoms with van der Waals surface area (Å²) < 4.78 is 38.0. The Bertz CT molecular complexity index is 819. The zero-order chi connectivity index (χ0) is 17.7. The van der Waals surface area contributed by atoms with Gasteiger partial charge in [-0.05, 0) is 42.0 Å². The van der Waals surface area contributed by atoms with E-state index in [2.05, 4.69) is 5.32 Å². The second-order valence-electron chi connectivity index (χ2n) is 4.79. The molecule has 4 nitrogen and oxygen atoms in total. The summed E-state index contributed by atoms with van der Waals surface area (Å²) in [4.78, 5) is 12.0. The lowest BCUT2D eigenvalue weighted by molar-refractivity contribution is -0.137. The molecule has 0 spiro atoms. The summed E-state index contributed by atoms with van der Waals surface area (Å²) in [5.74, 6) is -0.802. The van der Waals surface area contributed by atoms with E-state index in [4.69, 9.17) is 5.26 Å². The Balaban J connectivity index is 2.21. The fourth-order valence-electron chi connectivity index (χ4n) is 1.86. The first-order chi connectivity index (χ1) is 11.3. The van der Waals surface area contributed by atoms with Gasteiger partial charge in [-0.25, -0.2) is 0 Å². The molecule has 0 atom stereocenters. The average molecular weight is 332 g/mol. The van der Waals surface area contributed by atoms with Crippen LogP contribution in [0.1, 0.15) is 11.1 Å². The summed E-state index contributed by atoms with van der Waals surface area (Å²) in [7, 11) is 0. The smallest absolute Gasteiger partial charge is 0.416 e. The molecule has 0 aliphatic rings. The highest BCUT2D eigenvalue weighted by Gasteiger charge is 2.30. The SMILES string of the molecule is N#C/C(=C/c1ccc(O)cc1)C(=O)Nc1cccc(C(F)(F)F)c1. The molecule has 122 valence electrons. The lowest BCUT2D eigenvalue weighted by Gasteiger charge is -2.09. The third kappa shape index (κ3) is 4.36. The maximum atomic E-state index is 12.7. The molecule has 24 heavy (non-hydrogen) atoms. The lowest BCUT2D eigenvalue weighted by atomic mass is 10.1. The van der Waals surface area contributed by atoms with E-state index in [0.717, 1.165) is 18.2 Å². The number of phenolic OH excluding ortho intramolecular Hbond substituents is 1. The van der Waals surface area contributed by atoms with Crippen molar-refractivity contribution in [2.75, 3.05) is 5.32 Å². The fourth-order valence-corrected chi connectivity index (χ4v) is 1.86. The van der Waals surface area contributed by atoms with Gasteiger partial charge in [-0.2, -0.15) is 18.4 Å². The summed E-state index contributed by atoms with van der Waals surface area (Å²) in [5, 5.41) is 20.5. The number of aromatic hydroxyl groups is 1. The first-order valence-corrected chi connectivity index (χ1v) is 6.69. The summed E-state index contributed by atoms with van der Waals surface area (Å²) in [6.45, 7) is 0. The Morgan fingerprint density at radius 1 is 1.17 bits per heavy atom. The number of halogens is 3. The molecule has 0 aliphatic carbocycles. The van der Waals surface area contributed by atoms with Crippen LogP contribution in [0.4, 0.5) is 18.9 Å². The minimum Gasteiger partial charge on any atom is -0.508 e. The van der Waals surface area contributed by atoms with Crippen molar-refractivity contribution < 1.29 is 23.1 Å². The normalized spacial score (nSPS) is 11.7. The van der Waals surface area contributed by atoms with Crippen LogP contribution in [0.2, 0.25) is 0 Å². The van der Waals surface area contributed by atoms with Gasteiger partial charge in [0, 0.05) is 5.69 Å². The molecular weight excluding hydrogens is 321 g/mol. The van der Waals surface area contributed by atoms with Gasteiger partial charge in [-0.15, -0.1) is 0 Å². The number of phenols is 1. The molecule has 0 heterocycles. The summed E-state index contributed by atoms with van der Waals surface area (Å²) >= 11 is 0. The molecule has 0 unspecified atom stereocenters. The van der Waals surface area contributed by atoms with E-state index in [-0.39, 0.29) is 17.0 Å². The van der Waals surface area contributed by atoms with Crippen molar-refractivity contribution in [2.24, 2.45) is 0 Å². The molecular formula is C17H11F3N2O2. The molecule has 2 aromatic carbocycles. The monoisotopic (exact) mass is 332 g/mol. The molecule has 0 saturated carbocycles. The van der Waals surface area contributed by atoms with Crippen LogP contribution in [0.3, 0.4) is 0 Å². The maximum absolute atomic E-state index is 12.7. The van der Waals surface area contributed by atoms with Gasteiger partial charge in [0.15, 0.2) is 0 Å². The highest BCUT2D eigenvalue weighted by molar-refractivity contribution is 6.09. The van der Waals surface area contributed by atoms with E-state index < -0.39 is 17.6 Å². The van der Waals surface area contributed by atoms with Gasteiger partial charge in [0.05, 0.1) is 5.56 Å². The molecule has 0 fully saturated rings. The minimum atomic E-state index is -4.53. The molecule has 0 aliphatic heterocycles. The Morgan fingerprint density at radius 3 is 2.42 bits per heavy atom. The molecule has 7 heteroatoms. The number of rotatable bonds is 3. The van der Waals surface area contributed by atoms with Crippen molar-refractivity contribution in [3.63, 3.8) is 0 Å². The Labute approximate surface area is 135 Å². The predicted octanol–water partition coefficient (Wildman–Crippen LogP) is 3.96. The zero-order valence-electron chi connectivity index (χ0n) is 12.1. The number of hydrogen-bond donors (Lipinski definition) is 2. The van der Waals surface area contributed by atoms with Crippen LogP contribution < -0.4 is 5.32 Å². The van der Waals surface area contributed by atoms with Crippen LogP contribution in [0.25, 0.3) is 6.08 Å². The molecule has 2 aromatic rings. The van der Waals surface area contributed by atoms with Gasteiger partial charge in [0.2, 0.25) is 0 Å². The standard InChI is InChI=1S/C17H11F3N2O2/c18-17(19,20)13-2-1-3-14(9-13)22-16(24)12(10-21)8-11-4-6-15(23)7-5-11/h1-9,23H,(H,22,24)/b12-8-. The number of anilines is 1. The Morgan fingerprint density at radius 2 is 1.83 bits per heavy atom. The number of alkyl halides is 3. The summed E-state index contributed by atoms with van der Waals surface area (Å²) in [6.07, 6.45) is -3.26. The molecule has 0 bridgehead atoms. The van der Waals surface area contributed by atoms with Crippen molar-refractivity contribution in [1.29, 1.82) is 5.26 Å². The van der Waals surface area contributed by atoms with Gasteiger partial charge in [0.1, 0.15) is 17.4 Å². The van der Waals surface area contributed by atoms with Crippen molar-refractivity contribution in [1.82, 2.24) is 0 Å². The number of nitriles is 1. The van der Waals surface area contributed by atoms with E-state index in [1.54, 1.807) is 6.07 Å². The van der Waals surface area contributed by atoms with Gasteiger partial charge in [-0.1, -0.05) is 18.2 Å². The van der Waals surface area contributed by atoms with Crippen molar-refractivity contribution in [3.8, 4) is 11.8 Å². The number of hydrogen-bond acceptors (Lipinski definition) is 3. The zero-order valence-corrected chi connectivity index (χ0v) is 12.1. The van der Waals surface area contributed by atoms with Crippen LogP contribution in [0, 0.1) is 11.3 Å². The molecule has 0 saturated heterocycles. The van der Waals surface area contributed by atoms with Gasteiger partial charge < -0.3 is 10.4 Å². The third-order valence-electron chi connectivity index (χ3n) is 3.02. The summed E-state index contributed by atoms with van der Waals surface area (Å²) in [5.41, 5.74) is -0.760. The van der Waals surface area contributed by atoms with E-state index in [1.807, 2.05) is 0 Å². The quantitative estimate of drug-likeness (QED) is 0.660. The van der Waals surface area contributed by atoms with Crippen LogP contribution in [-0.4, -0.2) is 11.0 Å². The predicted molar refractivity (Wildman–Crippen MR) is 81.8 cm³/mol. The van der Waals surface area contributed by atoms with Crippen LogP contribution in [0.5, 0.6) is 5.75 Å². The lowest BCUT2D eigenvalue weighted by Crippen LogP contribution is -2.14. The van der Waals surface area contributed by atoms with Gasteiger partial charge in [0.25, 0.3) is 5.91 Å². The number of carbonyl (C=O) groups excluding carboxylic acids is 1. The van der Waals surface area contributed by atoms with E-state index in [1.165, 1.54) is 36.4 Å². The number of nitrogens with one attached hydrogen (secondary N) is 1. The summed E-state index contributed by atoms with van der Waals surface area (Å²) in [6, 6.07) is 11.6. The van der Waals surface area contributed by atoms with Gasteiger partial charge >= 0.3 is 6.18 Å². The number of amides is 1. The second kappa shape index (κ2) is 6.87. The molecule has 1 amide bonds. The number of carbonyl (C=O) groups is 1. The van der Waals surface area contributed by atoms with Crippen LogP contribution in [-0.2, 0) is 11.0 Å². The minimum absolute atomic E-state index is 0.0269. The largest absolute Gasteiger partial charge is 0.508 e. The Kier molecular flexibility index (Phi) is 4.90. The number of nitrogens with zero attached hydrogens (tertiary/aromatic N) is 1. The van der Waals surface area contributed by atoms with Crippen molar-refractivity contribution >= 4 is 17.7 Å². The molecule has 2 rings (SSSR count). The highest BCUT2D eigenvalue weighted by atomic mass is 19.4. The van der Waals surface area contributed by atoms with Crippen molar-refractivity contribution in [2.45, 2.75) is 6.18 Å². The van der Waals surface area contributed by atoms with E-state index in [0.29, 0.717) is 5.56 Å². The van der Waals surface area contributed by atoms with Crippen LogP contribution in [0.15, 0.2) is 54.1 Å². The molecule has 0 radical (unpaired) electrons. The first kappa shape index (κ1) is 17.1. The molecule has 2 N–H and O–H groups in total. The number of benzene rings is 2. The average Bonchev–Trinajstić information content (AvgIpc) is 2.53. The topological polar surface area (TPSA) is 73.1 Å². The van der Waals surface area contributed by atoms with E-state index in [9.17, 15) is 23.1 Å². The third-order valence-corrected chi connectivity index (χ3v) is 3.02.